The molecule has 12 heteroatoms. The fourth-order valence-corrected chi connectivity index (χ4v) is 5.49. The van der Waals surface area contributed by atoms with E-state index in [1.54, 1.807) is 0 Å². The molecule has 270 valence electrons. The molecule has 0 aromatic rings. The van der Waals surface area contributed by atoms with Crippen LogP contribution < -0.4 is 16.4 Å². The molecule has 5 amide bonds. The van der Waals surface area contributed by atoms with Crippen molar-refractivity contribution in [2.24, 2.45) is 35.3 Å². The van der Waals surface area contributed by atoms with Crippen molar-refractivity contribution in [3.8, 4) is 0 Å². The molecule has 1 aliphatic heterocycles. The van der Waals surface area contributed by atoms with Crippen molar-refractivity contribution in [2.45, 2.75) is 118 Å². The monoisotopic (exact) mass is 666 g/mol. The second-order valence-corrected chi connectivity index (χ2v) is 13.8. The van der Waals surface area contributed by atoms with Crippen LogP contribution in [0.5, 0.6) is 0 Å². The van der Waals surface area contributed by atoms with Crippen LogP contribution in [0.2, 0.25) is 0 Å². The summed E-state index contributed by atoms with van der Waals surface area (Å²) in [5.74, 6) is -0.964. The van der Waals surface area contributed by atoms with E-state index in [2.05, 4.69) is 24.5 Å². The first-order chi connectivity index (χ1) is 22.2. The standard InChI is InChI=1S/C35H62N4O8/c1-24(2)15-19-47-21-20-46-18-11-14-31(41)30(13-10-16-37-35(36)45)38-33(43)28(25(3)4)22-27(40)12-8-7-9-17-39-32(42)23-29(26(5)6)34(39)44/h24-26,28-30H,7-23H2,1-6H3,(H,38,43)(H3,36,37,45)/t28-,29?,30-/m0/s1. The number of carbonyl (C=O) groups is 6. The molecule has 3 atom stereocenters. The van der Waals surface area contributed by atoms with Gasteiger partial charge in [0.2, 0.25) is 17.7 Å². The number of primary amides is 1. The zero-order chi connectivity index (χ0) is 35.4. The van der Waals surface area contributed by atoms with Crippen LogP contribution in [0, 0.1) is 29.6 Å². The van der Waals surface area contributed by atoms with Crippen LogP contribution in [0.15, 0.2) is 0 Å². The number of Topliss-reactive ketones (excluding diaryl/α,β-unsaturated/α-hetero) is 2. The van der Waals surface area contributed by atoms with Gasteiger partial charge in [-0.25, -0.2) is 4.79 Å². The molecule has 1 fully saturated rings. The number of amides is 5. The zero-order valence-electron chi connectivity index (χ0n) is 29.8. The minimum Gasteiger partial charge on any atom is -0.379 e. The lowest BCUT2D eigenvalue weighted by atomic mass is 9.88. The smallest absolute Gasteiger partial charge is 0.312 e. The lowest BCUT2D eigenvalue weighted by Crippen LogP contribution is -2.45. The molecule has 4 N–H and O–H groups in total. The van der Waals surface area contributed by atoms with E-state index >= 15 is 0 Å². The number of rotatable bonds is 27. The van der Waals surface area contributed by atoms with E-state index in [1.807, 2.05) is 27.7 Å². The van der Waals surface area contributed by atoms with Gasteiger partial charge < -0.3 is 25.8 Å². The molecule has 0 bridgehead atoms. The van der Waals surface area contributed by atoms with Gasteiger partial charge in [-0.05, 0) is 56.3 Å². The van der Waals surface area contributed by atoms with Crippen molar-refractivity contribution in [1.29, 1.82) is 0 Å². The van der Waals surface area contributed by atoms with Gasteiger partial charge in [-0.3, -0.25) is 28.9 Å². The molecule has 0 aromatic carbocycles. The minimum atomic E-state index is -0.751. The molecule has 0 radical (unpaired) electrons. The van der Waals surface area contributed by atoms with E-state index in [0.29, 0.717) is 83.8 Å². The van der Waals surface area contributed by atoms with E-state index in [4.69, 9.17) is 15.2 Å². The molecular weight excluding hydrogens is 604 g/mol. The number of unbranched alkanes of at least 4 members (excludes halogenated alkanes) is 2. The number of urea groups is 1. The Kier molecular flexibility index (Phi) is 21.0. The second kappa shape index (κ2) is 23.5. The largest absolute Gasteiger partial charge is 0.379 e. The highest BCUT2D eigenvalue weighted by molar-refractivity contribution is 6.03. The summed E-state index contributed by atoms with van der Waals surface area (Å²) in [5.41, 5.74) is 5.15. The van der Waals surface area contributed by atoms with Gasteiger partial charge >= 0.3 is 6.03 Å². The molecule has 0 aromatic heterocycles. The van der Waals surface area contributed by atoms with Gasteiger partial charge in [0.05, 0.1) is 19.3 Å². The Morgan fingerprint density at radius 1 is 0.851 bits per heavy atom. The maximum absolute atomic E-state index is 13.4. The summed E-state index contributed by atoms with van der Waals surface area (Å²) >= 11 is 0. The Labute approximate surface area is 282 Å². The van der Waals surface area contributed by atoms with Crippen molar-refractivity contribution in [1.82, 2.24) is 15.5 Å². The summed E-state index contributed by atoms with van der Waals surface area (Å²) in [6, 6.07) is -1.40. The van der Waals surface area contributed by atoms with E-state index in [1.165, 1.54) is 4.90 Å². The fraction of sp³-hybridized carbons (Fsp3) is 0.829. The summed E-state index contributed by atoms with van der Waals surface area (Å²) in [6.45, 7) is 14.6. The van der Waals surface area contributed by atoms with Crippen LogP contribution in [0.25, 0.3) is 0 Å². The van der Waals surface area contributed by atoms with Gasteiger partial charge in [0, 0.05) is 63.8 Å². The van der Waals surface area contributed by atoms with E-state index in [-0.39, 0.29) is 72.8 Å². The lowest BCUT2D eigenvalue weighted by molar-refractivity contribution is -0.139. The van der Waals surface area contributed by atoms with Crippen LogP contribution in [0.3, 0.4) is 0 Å². The van der Waals surface area contributed by atoms with Gasteiger partial charge in [0.1, 0.15) is 5.78 Å². The lowest BCUT2D eigenvalue weighted by Gasteiger charge is -2.24. The Morgan fingerprint density at radius 2 is 1.53 bits per heavy atom. The highest BCUT2D eigenvalue weighted by Crippen LogP contribution is 2.27. The Balaban J connectivity index is 2.55. The summed E-state index contributed by atoms with van der Waals surface area (Å²) in [4.78, 5) is 76.5. The average molecular weight is 667 g/mol. The fourth-order valence-electron chi connectivity index (χ4n) is 5.49. The highest BCUT2D eigenvalue weighted by atomic mass is 16.5. The predicted molar refractivity (Wildman–Crippen MR) is 180 cm³/mol. The molecule has 1 unspecified atom stereocenters. The quantitative estimate of drug-likeness (QED) is 0.0865. The van der Waals surface area contributed by atoms with Crippen molar-refractivity contribution in [3.63, 3.8) is 0 Å². The minimum absolute atomic E-state index is 0.0362. The number of hydrogen-bond acceptors (Lipinski definition) is 8. The van der Waals surface area contributed by atoms with Gasteiger partial charge in [-0.2, -0.15) is 0 Å². The van der Waals surface area contributed by atoms with Crippen molar-refractivity contribution >= 4 is 35.3 Å². The number of nitrogens with one attached hydrogen (secondary N) is 2. The Hall–Kier alpha value is -2.86. The van der Waals surface area contributed by atoms with Crippen LogP contribution in [0.1, 0.15) is 112 Å². The number of carbonyl (C=O) groups excluding carboxylic acids is 6. The van der Waals surface area contributed by atoms with Crippen molar-refractivity contribution in [3.05, 3.63) is 0 Å². The van der Waals surface area contributed by atoms with Crippen LogP contribution >= 0.6 is 0 Å². The van der Waals surface area contributed by atoms with E-state index < -0.39 is 18.0 Å². The molecule has 12 nitrogen and oxygen atoms in total. The molecule has 1 heterocycles. The number of hydrogen-bond donors (Lipinski definition) is 3. The number of ether oxygens (including phenoxy) is 2. The molecule has 0 saturated carbocycles. The maximum atomic E-state index is 13.4. The van der Waals surface area contributed by atoms with Crippen LogP contribution in [-0.4, -0.2) is 85.8 Å². The first-order valence-electron chi connectivity index (χ1n) is 17.6. The van der Waals surface area contributed by atoms with Crippen LogP contribution in [-0.2, 0) is 33.4 Å². The second-order valence-electron chi connectivity index (χ2n) is 13.8. The molecule has 1 rings (SSSR count). The zero-order valence-corrected chi connectivity index (χ0v) is 29.8. The third-order valence-corrected chi connectivity index (χ3v) is 8.61. The summed E-state index contributed by atoms with van der Waals surface area (Å²) in [5, 5.41) is 5.39. The molecule has 1 saturated heterocycles. The molecule has 0 spiro atoms. The van der Waals surface area contributed by atoms with Crippen molar-refractivity contribution < 1.29 is 38.2 Å². The van der Waals surface area contributed by atoms with Gasteiger partial charge in [-0.1, -0.05) is 48.0 Å². The summed E-state index contributed by atoms with van der Waals surface area (Å²) < 4.78 is 11.1. The number of ketones is 2. The van der Waals surface area contributed by atoms with E-state index in [0.717, 1.165) is 6.42 Å². The molecule has 1 aliphatic rings. The first kappa shape index (κ1) is 42.2. The normalized spacial score (nSPS) is 16.3. The molecular formula is C35H62N4O8. The summed E-state index contributed by atoms with van der Waals surface area (Å²) in [7, 11) is 0. The van der Waals surface area contributed by atoms with Gasteiger partial charge in [-0.15, -0.1) is 0 Å². The third kappa shape index (κ3) is 17.7. The average Bonchev–Trinajstić information content (AvgIpc) is 3.28. The molecule has 0 aliphatic carbocycles. The number of nitrogens with two attached hydrogens (primary N) is 1. The summed E-state index contributed by atoms with van der Waals surface area (Å²) in [6.07, 6.45) is 5.07. The van der Waals surface area contributed by atoms with E-state index in [9.17, 15) is 28.8 Å². The predicted octanol–water partition coefficient (Wildman–Crippen LogP) is 4.17. The Morgan fingerprint density at radius 3 is 2.13 bits per heavy atom. The molecule has 47 heavy (non-hydrogen) atoms. The van der Waals surface area contributed by atoms with Gasteiger partial charge in [0.15, 0.2) is 5.78 Å². The number of likely N-dealkylation sites (tertiary alicyclic amines) is 1. The topological polar surface area (TPSA) is 174 Å². The first-order valence-corrected chi connectivity index (χ1v) is 17.6. The SMILES string of the molecule is CC(C)CCOCCOCCCC(=O)[C@H](CCCNC(N)=O)NC(=O)[C@@H](CC(=O)CCCCCN1C(=O)CC(C(C)C)C1=O)C(C)C. The van der Waals surface area contributed by atoms with Crippen molar-refractivity contribution in [2.75, 3.05) is 39.5 Å². The van der Waals surface area contributed by atoms with Crippen LogP contribution in [0.4, 0.5) is 4.79 Å². The maximum Gasteiger partial charge on any atom is 0.312 e. The number of nitrogens with zero attached hydrogens (tertiary/aromatic N) is 1. The number of imide groups is 1. The highest BCUT2D eigenvalue weighted by Gasteiger charge is 2.39. The van der Waals surface area contributed by atoms with Gasteiger partial charge in [0.25, 0.3) is 0 Å². The third-order valence-electron chi connectivity index (χ3n) is 8.61. The Bertz CT molecular complexity index is 1000.